The smallest absolute Gasteiger partial charge is 0.293 e. The highest BCUT2D eigenvalue weighted by molar-refractivity contribution is 7.87. The summed E-state index contributed by atoms with van der Waals surface area (Å²) in [6.45, 7) is 0. The lowest BCUT2D eigenvalue weighted by molar-refractivity contribution is -0.121. The van der Waals surface area contributed by atoms with Crippen LogP contribution in [0, 0.1) is 0 Å². The van der Waals surface area contributed by atoms with Crippen molar-refractivity contribution in [1.29, 1.82) is 0 Å². The molecule has 1 atom stereocenters. The Morgan fingerprint density at radius 2 is 2.14 bits per heavy atom. The number of benzene rings is 1. The second kappa shape index (κ2) is 5.67. The van der Waals surface area contributed by atoms with Gasteiger partial charge in [0.1, 0.15) is 5.75 Å². The van der Waals surface area contributed by atoms with Crippen LogP contribution in [0.5, 0.6) is 5.75 Å². The summed E-state index contributed by atoms with van der Waals surface area (Å²) < 4.78 is 33.0. The van der Waals surface area contributed by atoms with Crippen molar-refractivity contribution in [3.8, 4) is 5.75 Å². The standard InChI is InChI=1S/C13H14ClNO5S/c14-7-5-12(17)15-13(21(18,19)20)6-4-10-9(8-13)2-1-3-11(10)16/h1-4,6,16H,5,7-8H2,(H,15,17)(H,18,19,20). The van der Waals surface area contributed by atoms with Crippen LogP contribution in [0.2, 0.25) is 0 Å². The third-order valence-electron chi connectivity index (χ3n) is 3.28. The van der Waals surface area contributed by atoms with Crippen molar-refractivity contribution in [3.63, 3.8) is 0 Å². The molecule has 1 amide bonds. The topological polar surface area (TPSA) is 104 Å². The maximum Gasteiger partial charge on any atom is 0.293 e. The maximum atomic E-state index is 11.7. The molecule has 1 aliphatic carbocycles. The number of nitrogens with one attached hydrogen (secondary N) is 1. The van der Waals surface area contributed by atoms with Crippen molar-refractivity contribution in [1.82, 2.24) is 5.32 Å². The normalized spacial score (nSPS) is 20.9. The quantitative estimate of drug-likeness (QED) is 0.569. The van der Waals surface area contributed by atoms with Crippen molar-refractivity contribution in [2.24, 2.45) is 0 Å². The second-order valence-corrected chi connectivity index (χ2v) is 6.77. The van der Waals surface area contributed by atoms with Crippen LogP contribution < -0.4 is 5.32 Å². The zero-order chi connectivity index (χ0) is 15.7. The highest BCUT2D eigenvalue weighted by atomic mass is 35.5. The van der Waals surface area contributed by atoms with E-state index in [9.17, 15) is 22.9 Å². The molecule has 8 heteroatoms. The zero-order valence-corrected chi connectivity index (χ0v) is 12.5. The predicted molar refractivity (Wildman–Crippen MR) is 78.6 cm³/mol. The van der Waals surface area contributed by atoms with Crippen LogP contribution in [0.15, 0.2) is 24.3 Å². The minimum Gasteiger partial charge on any atom is -0.507 e. The number of fused-ring (bicyclic) bond motifs is 1. The molecule has 0 aliphatic heterocycles. The predicted octanol–water partition coefficient (Wildman–Crippen LogP) is 1.29. The van der Waals surface area contributed by atoms with Gasteiger partial charge >= 0.3 is 0 Å². The summed E-state index contributed by atoms with van der Waals surface area (Å²) in [5, 5.41) is 12.0. The van der Waals surface area contributed by atoms with Crippen molar-refractivity contribution in [3.05, 3.63) is 35.4 Å². The van der Waals surface area contributed by atoms with Crippen LogP contribution in [-0.4, -0.2) is 34.7 Å². The molecule has 0 radical (unpaired) electrons. The van der Waals surface area contributed by atoms with Crippen LogP contribution >= 0.6 is 11.6 Å². The zero-order valence-electron chi connectivity index (χ0n) is 10.9. The van der Waals surface area contributed by atoms with Gasteiger partial charge in [0.05, 0.1) is 0 Å². The Hall–Kier alpha value is -1.57. The van der Waals surface area contributed by atoms with Gasteiger partial charge in [0.25, 0.3) is 10.1 Å². The summed E-state index contributed by atoms with van der Waals surface area (Å²) in [6.07, 6.45) is 2.28. The summed E-state index contributed by atoms with van der Waals surface area (Å²) in [4.78, 5) is 9.74. The van der Waals surface area contributed by atoms with Gasteiger partial charge in [-0.2, -0.15) is 8.42 Å². The van der Waals surface area contributed by atoms with E-state index in [0.29, 0.717) is 11.1 Å². The molecular weight excluding hydrogens is 318 g/mol. The molecule has 6 nitrogen and oxygen atoms in total. The highest BCUT2D eigenvalue weighted by Crippen LogP contribution is 2.34. The van der Waals surface area contributed by atoms with Gasteiger partial charge in [-0.05, 0) is 17.7 Å². The van der Waals surface area contributed by atoms with Gasteiger partial charge in [-0.15, -0.1) is 11.6 Å². The molecule has 3 N–H and O–H groups in total. The van der Waals surface area contributed by atoms with Gasteiger partial charge in [-0.1, -0.05) is 18.2 Å². The van der Waals surface area contributed by atoms with E-state index < -0.39 is 20.9 Å². The summed E-state index contributed by atoms with van der Waals surface area (Å²) in [7, 11) is -4.60. The van der Waals surface area contributed by atoms with E-state index in [4.69, 9.17) is 11.6 Å². The van der Waals surface area contributed by atoms with Crippen LogP contribution in [0.25, 0.3) is 6.08 Å². The number of carbonyl (C=O) groups is 1. The van der Waals surface area contributed by atoms with Crippen LogP contribution in [0.4, 0.5) is 0 Å². The lowest BCUT2D eigenvalue weighted by atomic mass is 9.93. The molecule has 1 aromatic rings. The third kappa shape index (κ3) is 3.04. The van der Waals surface area contributed by atoms with Crippen molar-refractivity contribution < 1.29 is 22.9 Å². The molecule has 1 unspecified atom stereocenters. The van der Waals surface area contributed by atoms with E-state index >= 15 is 0 Å². The van der Waals surface area contributed by atoms with E-state index in [1.54, 1.807) is 12.1 Å². The average Bonchev–Trinajstić information content (AvgIpc) is 2.37. The molecule has 0 saturated heterocycles. The number of amides is 1. The van der Waals surface area contributed by atoms with Gasteiger partial charge in [0.15, 0.2) is 4.87 Å². The Balaban J connectivity index is 2.45. The number of alkyl halides is 1. The maximum absolute atomic E-state index is 11.7. The fraction of sp³-hybridized carbons (Fsp3) is 0.308. The molecule has 0 fully saturated rings. The molecule has 0 spiro atoms. The number of carbonyl (C=O) groups excluding carboxylic acids is 1. The Morgan fingerprint density at radius 3 is 2.76 bits per heavy atom. The number of rotatable bonds is 4. The van der Waals surface area contributed by atoms with Crippen LogP contribution in [0.3, 0.4) is 0 Å². The summed E-state index contributed by atoms with van der Waals surface area (Å²) >= 11 is 5.45. The van der Waals surface area contributed by atoms with E-state index in [1.807, 2.05) is 0 Å². The minimum absolute atomic E-state index is 0.000211. The number of hydrogen-bond donors (Lipinski definition) is 3. The Kier molecular flexibility index (Phi) is 4.27. The Labute approximate surface area is 127 Å². The molecule has 21 heavy (non-hydrogen) atoms. The molecule has 0 heterocycles. The molecule has 0 aromatic heterocycles. The first-order valence-corrected chi connectivity index (χ1v) is 8.10. The minimum atomic E-state index is -4.60. The van der Waals surface area contributed by atoms with Gasteiger partial charge in [-0.3, -0.25) is 9.35 Å². The molecule has 0 saturated carbocycles. The summed E-state index contributed by atoms with van der Waals surface area (Å²) in [6, 6.07) is 4.64. The highest BCUT2D eigenvalue weighted by Gasteiger charge is 2.44. The molecule has 1 aromatic carbocycles. The number of phenols is 1. The SMILES string of the molecule is O=C(CCCl)NC1(S(=O)(=O)O)C=Cc2c(O)cccc2C1. The monoisotopic (exact) mass is 331 g/mol. The van der Waals surface area contributed by atoms with Gasteiger partial charge < -0.3 is 10.4 Å². The first-order valence-electron chi connectivity index (χ1n) is 6.13. The lowest BCUT2D eigenvalue weighted by Gasteiger charge is -2.32. The fourth-order valence-corrected chi connectivity index (χ4v) is 3.21. The van der Waals surface area contributed by atoms with Gasteiger partial charge in [0, 0.05) is 24.3 Å². The van der Waals surface area contributed by atoms with E-state index in [2.05, 4.69) is 5.32 Å². The fourth-order valence-electron chi connectivity index (χ4n) is 2.22. The molecule has 114 valence electrons. The van der Waals surface area contributed by atoms with Gasteiger partial charge in [0.2, 0.25) is 5.91 Å². The molecule has 2 rings (SSSR count). The van der Waals surface area contributed by atoms with Crippen molar-refractivity contribution >= 4 is 33.7 Å². The largest absolute Gasteiger partial charge is 0.507 e. The number of hydrogen-bond acceptors (Lipinski definition) is 4. The Bertz CT molecular complexity index is 701. The Morgan fingerprint density at radius 1 is 1.43 bits per heavy atom. The lowest BCUT2D eigenvalue weighted by Crippen LogP contribution is -2.55. The third-order valence-corrected chi connectivity index (χ3v) is 4.77. The number of halogens is 1. The van der Waals surface area contributed by atoms with Crippen molar-refractivity contribution in [2.75, 3.05) is 5.88 Å². The summed E-state index contributed by atoms with van der Waals surface area (Å²) in [5.41, 5.74) is 0.963. The van der Waals surface area contributed by atoms with Crippen LogP contribution in [-0.2, 0) is 21.3 Å². The van der Waals surface area contributed by atoms with Crippen molar-refractivity contribution in [2.45, 2.75) is 17.7 Å². The number of aromatic hydroxyl groups is 1. The first-order chi connectivity index (χ1) is 9.79. The molecular formula is C13H14ClNO5S. The van der Waals surface area contributed by atoms with Crippen LogP contribution in [0.1, 0.15) is 17.5 Å². The van der Waals surface area contributed by atoms with E-state index in [-0.39, 0.29) is 24.5 Å². The van der Waals surface area contributed by atoms with E-state index in [1.165, 1.54) is 12.1 Å². The number of phenolic OH excluding ortho intramolecular Hbond substituents is 1. The second-order valence-electron chi connectivity index (χ2n) is 4.71. The summed E-state index contributed by atoms with van der Waals surface area (Å²) in [5.74, 6) is -0.551. The average molecular weight is 332 g/mol. The van der Waals surface area contributed by atoms with E-state index in [0.717, 1.165) is 6.08 Å². The first kappa shape index (κ1) is 15.8. The van der Waals surface area contributed by atoms with Gasteiger partial charge in [-0.25, -0.2) is 0 Å². The molecule has 1 aliphatic rings. The molecule has 0 bridgehead atoms.